The Morgan fingerprint density at radius 3 is 2.56 bits per heavy atom. The van der Waals surface area contributed by atoms with E-state index >= 15 is 0 Å². The largest absolute Gasteiger partial charge is 0.378 e. The molecule has 1 aliphatic heterocycles. The van der Waals surface area contributed by atoms with Crippen LogP contribution in [0.3, 0.4) is 0 Å². The molecule has 7 nitrogen and oxygen atoms in total. The highest BCUT2D eigenvalue weighted by Gasteiger charge is 2.30. The number of nitrogens with two attached hydrogens (primary N) is 1. The zero-order valence-corrected chi connectivity index (χ0v) is 14.5. The summed E-state index contributed by atoms with van der Waals surface area (Å²) < 4.78 is 0. The summed E-state index contributed by atoms with van der Waals surface area (Å²) in [7, 11) is 3.93. The number of piperidine rings is 1. The number of hydrogen-bond acceptors (Lipinski definition) is 4. The van der Waals surface area contributed by atoms with Crippen molar-refractivity contribution in [3.05, 3.63) is 47.3 Å². The van der Waals surface area contributed by atoms with Gasteiger partial charge in [0.2, 0.25) is 0 Å². The molecule has 0 bridgehead atoms. The van der Waals surface area contributed by atoms with E-state index in [1.165, 1.54) is 0 Å². The van der Waals surface area contributed by atoms with Crippen LogP contribution in [0.15, 0.2) is 30.3 Å². The fourth-order valence-corrected chi connectivity index (χ4v) is 3.20. The third-order valence-electron chi connectivity index (χ3n) is 4.60. The molecule has 3 rings (SSSR count). The number of carbonyl (C=O) groups is 2. The SMILES string of the molecule is CN(C)c1ccc(C(=O)N2CCCCC2c2cc(C(N)=O)n[nH]2)cc1. The molecule has 0 aliphatic carbocycles. The molecule has 3 N–H and O–H groups in total. The van der Waals surface area contributed by atoms with Gasteiger partial charge in [0.15, 0.2) is 0 Å². The summed E-state index contributed by atoms with van der Waals surface area (Å²) in [5, 5.41) is 6.81. The van der Waals surface area contributed by atoms with Gasteiger partial charge in [0.05, 0.1) is 11.7 Å². The molecule has 0 saturated carbocycles. The smallest absolute Gasteiger partial charge is 0.269 e. The van der Waals surface area contributed by atoms with Gasteiger partial charge in [-0.3, -0.25) is 14.7 Å². The molecular formula is C18H23N5O2. The van der Waals surface area contributed by atoms with Gasteiger partial charge in [-0.15, -0.1) is 0 Å². The third-order valence-corrected chi connectivity index (χ3v) is 4.60. The average Bonchev–Trinajstić information content (AvgIpc) is 3.11. The number of carbonyl (C=O) groups excluding carboxylic acids is 2. The molecule has 7 heteroatoms. The number of anilines is 1. The number of primary amides is 1. The maximum Gasteiger partial charge on any atom is 0.269 e. The standard InChI is InChI=1S/C18H23N5O2/c1-22(2)13-8-6-12(7-9-13)18(25)23-10-4-3-5-16(23)14-11-15(17(19)24)21-20-14/h6-9,11,16H,3-5,10H2,1-2H3,(H2,19,24)(H,20,21). The Labute approximate surface area is 146 Å². The first kappa shape index (κ1) is 17.0. The first-order valence-electron chi connectivity index (χ1n) is 8.41. The first-order chi connectivity index (χ1) is 12.0. The second-order valence-electron chi connectivity index (χ2n) is 6.52. The number of aromatic amines is 1. The van der Waals surface area contributed by atoms with E-state index < -0.39 is 5.91 Å². The Bertz CT molecular complexity index is 766. The molecule has 1 atom stereocenters. The summed E-state index contributed by atoms with van der Waals surface area (Å²) in [6, 6.07) is 9.11. The lowest BCUT2D eigenvalue weighted by molar-refractivity contribution is 0.0606. The number of hydrogen-bond donors (Lipinski definition) is 2. The Morgan fingerprint density at radius 2 is 1.96 bits per heavy atom. The molecule has 2 heterocycles. The monoisotopic (exact) mass is 341 g/mol. The van der Waals surface area contributed by atoms with Gasteiger partial charge >= 0.3 is 0 Å². The normalized spacial score (nSPS) is 17.4. The summed E-state index contributed by atoms with van der Waals surface area (Å²) in [5.74, 6) is -0.583. The number of H-pyrrole nitrogens is 1. The zero-order valence-electron chi connectivity index (χ0n) is 14.5. The average molecular weight is 341 g/mol. The van der Waals surface area contributed by atoms with Gasteiger partial charge in [0.1, 0.15) is 5.69 Å². The topological polar surface area (TPSA) is 95.3 Å². The van der Waals surface area contributed by atoms with Gasteiger partial charge < -0.3 is 15.5 Å². The molecule has 0 radical (unpaired) electrons. The molecule has 1 aliphatic rings. The summed E-state index contributed by atoms with van der Waals surface area (Å²) in [4.78, 5) is 28.1. The van der Waals surface area contributed by atoms with Crippen LogP contribution in [0.1, 0.15) is 51.8 Å². The number of nitrogens with one attached hydrogen (secondary N) is 1. The lowest BCUT2D eigenvalue weighted by atomic mass is 9.98. The van der Waals surface area contributed by atoms with Gasteiger partial charge in [-0.25, -0.2) is 0 Å². The number of aromatic nitrogens is 2. The molecule has 1 saturated heterocycles. The van der Waals surface area contributed by atoms with Gasteiger partial charge in [-0.2, -0.15) is 5.10 Å². The van der Waals surface area contributed by atoms with E-state index in [0.29, 0.717) is 12.1 Å². The van der Waals surface area contributed by atoms with Crippen LogP contribution in [0.25, 0.3) is 0 Å². The van der Waals surface area contributed by atoms with Crippen LogP contribution in [0.5, 0.6) is 0 Å². The van der Waals surface area contributed by atoms with Crippen LogP contribution in [0.2, 0.25) is 0 Å². The fraction of sp³-hybridized carbons (Fsp3) is 0.389. The number of amides is 2. The highest BCUT2D eigenvalue weighted by atomic mass is 16.2. The minimum Gasteiger partial charge on any atom is -0.378 e. The third kappa shape index (κ3) is 3.50. The molecule has 132 valence electrons. The summed E-state index contributed by atoms with van der Waals surface area (Å²) in [6.07, 6.45) is 2.83. The van der Waals surface area contributed by atoms with E-state index in [-0.39, 0.29) is 17.6 Å². The van der Waals surface area contributed by atoms with E-state index in [1.807, 2.05) is 48.2 Å². The van der Waals surface area contributed by atoms with Gasteiger partial charge in [0.25, 0.3) is 11.8 Å². The number of likely N-dealkylation sites (tertiary alicyclic amines) is 1. The predicted molar refractivity (Wildman–Crippen MR) is 95.5 cm³/mol. The molecule has 0 spiro atoms. The van der Waals surface area contributed by atoms with Crippen molar-refractivity contribution in [3.8, 4) is 0 Å². The van der Waals surface area contributed by atoms with Gasteiger partial charge in [-0.05, 0) is 49.6 Å². The van der Waals surface area contributed by atoms with Crippen LogP contribution in [0, 0.1) is 0 Å². The Balaban J connectivity index is 1.84. The van der Waals surface area contributed by atoms with E-state index in [9.17, 15) is 9.59 Å². The summed E-state index contributed by atoms with van der Waals surface area (Å²) in [6.45, 7) is 0.684. The quantitative estimate of drug-likeness (QED) is 0.888. The van der Waals surface area contributed by atoms with Crippen molar-refractivity contribution in [2.45, 2.75) is 25.3 Å². The van der Waals surface area contributed by atoms with Crippen molar-refractivity contribution in [1.29, 1.82) is 0 Å². The van der Waals surface area contributed by atoms with Crippen LogP contribution in [-0.2, 0) is 0 Å². The van der Waals surface area contributed by atoms with Crippen LogP contribution in [0.4, 0.5) is 5.69 Å². The van der Waals surface area contributed by atoms with Gasteiger partial charge in [0, 0.05) is 31.9 Å². The molecule has 25 heavy (non-hydrogen) atoms. The first-order valence-corrected chi connectivity index (χ1v) is 8.41. The summed E-state index contributed by atoms with van der Waals surface area (Å²) >= 11 is 0. The highest BCUT2D eigenvalue weighted by molar-refractivity contribution is 5.95. The van der Waals surface area contributed by atoms with E-state index in [4.69, 9.17) is 5.73 Å². The number of benzene rings is 1. The van der Waals surface area contributed by atoms with Crippen LogP contribution < -0.4 is 10.6 Å². The number of rotatable bonds is 4. The molecule has 2 aromatic rings. The highest BCUT2D eigenvalue weighted by Crippen LogP contribution is 2.31. The van der Waals surface area contributed by atoms with Crippen LogP contribution in [-0.4, -0.2) is 47.6 Å². The molecule has 1 aromatic carbocycles. The van der Waals surface area contributed by atoms with E-state index in [0.717, 1.165) is 30.6 Å². The molecule has 1 unspecified atom stereocenters. The Kier molecular flexibility index (Phi) is 4.74. The van der Waals surface area contributed by atoms with Crippen molar-refractivity contribution in [2.24, 2.45) is 5.73 Å². The zero-order chi connectivity index (χ0) is 18.0. The Morgan fingerprint density at radius 1 is 1.24 bits per heavy atom. The van der Waals surface area contributed by atoms with E-state index in [2.05, 4.69) is 10.2 Å². The lowest BCUT2D eigenvalue weighted by Gasteiger charge is -2.35. The van der Waals surface area contributed by atoms with Gasteiger partial charge in [-0.1, -0.05) is 0 Å². The molecule has 1 aromatic heterocycles. The van der Waals surface area contributed by atoms with Crippen molar-refractivity contribution in [2.75, 3.05) is 25.5 Å². The Hall–Kier alpha value is -2.83. The van der Waals surface area contributed by atoms with E-state index in [1.54, 1.807) is 6.07 Å². The van der Waals surface area contributed by atoms with Crippen LogP contribution >= 0.6 is 0 Å². The summed E-state index contributed by atoms with van der Waals surface area (Å²) in [5.41, 5.74) is 7.94. The molecular weight excluding hydrogens is 318 g/mol. The van der Waals surface area contributed by atoms with Crippen molar-refractivity contribution in [1.82, 2.24) is 15.1 Å². The second-order valence-corrected chi connectivity index (χ2v) is 6.52. The van der Waals surface area contributed by atoms with Crippen molar-refractivity contribution < 1.29 is 9.59 Å². The minimum absolute atomic E-state index is 0.00905. The number of nitrogens with zero attached hydrogens (tertiary/aromatic N) is 3. The second kappa shape index (κ2) is 6.96. The van der Waals surface area contributed by atoms with Crippen molar-refractivity contribution in [3.63, 3.8) is 0 Å². The molecule has 2 amide bonds. The molecule has 1 fully saturated rings. The lowest BCUT2D eigenvalue weighted by Crippen LogP contribution is -2.38. The maximum absolute atomic E-state index is 13.0. The predicted octanol–water partition coefficient (Wildman–Crippen LogP) is 1.94. The minimum atomic E-state index is -0.574. The maximum atomic E-state index is 13.0. The van der Waals surface area contributed by atoms with Crippen molar-refractivity contribution >= 4 is 17.5 Å². The fourth-order valence-electron chi connectivity index (χ4n) is 3.20.